The van der Waals surface area contributed by atoms with Crippen LogP contribution in [-0.4, -0.2) is 22.8 Å². The third-order valence-corrected chi connectivity index (χ3v) is 9.86. The van der Waals surface area contributed by atoms with E-state index in [1.54, 1.807) is 5.57 Å². The summed E-state index contributed by atoms with van der Waals surface area (Å²) in [6.07, 6.45) is 18.7. The molecular weight excluding hydrogens is 372 g/mol. The lowest BCUT2D eigenvalue weighted by molar-refractivity contribution is -0.122. The molecule has 0 spiro atoms. The fraction of sp³-hybridized carbons (Fsp3) is 0.889. The van der Waals surface area contributed by atoms with E-state index < -0.39 is 0 Å². The second-order valence-corrected chi connectivity index (χ2v) is 11.8. The second-order valence-electron chi connectivity index (χ2n) is 11.8. The molecule has 4 rings (SSSR count). The minimum Gasteiger partial charge on any atom is -0.483 e. The van der Waals surface area contributed by atoms with Crippen molar-refractivity contribution in [1.29, 1.82) is 0 Å². The van der Waals surface area contributed by atoms with Crippen LogP contribution in [0.2, 0.25) is 0 Å². The summed E-state index contributed by atoms with van der Waals surface area (Å²) >= 11 is 0. The van der Waals surface area contributed by atoms with Gasteiger partial charge in [-0.25, -0.2) is 0 Å². The average Bonchev–Trinajstić information content (AvgIpc) is 3.03. The molecule has 4 aliphatic rings. The quantitative estimate of drug-likeness (QED) is 0.292. The minimum atomic E-state index is -0.250. The first-order valence-corrected chi connectivity index (χ1v) is 12.7. The molecule has 30 heavy (non-hydrogen) atoms. The molecule has 2 N–H and O–H groups in total. The van der Waals surface area contributed by atoms with Gasteiger partial charge in [0.05, 0.1) is 6.10 Å². The Morgan fingerprint density at radius 3 is 2.53 bits per heavy atom. The van der Waals surface area contributed by atoms with Crippen LogP contribution < -0.4 is 0 Å². The van der Waals surface area contributed by atoms with Crippen LogP contribution >= 0.6 is 0 Å². The number of hydrogen-bond acceptors (Lipinski definition) is 2. The maximum atomic E-state index is 10.2. The molecule has 4 aliphatic carbocycles. The SMILES string of the molecule is CC(C)CCCCC1CCC2C3CC=C4CC(O)CCC4(C)C3CCC12C.O=CO. The molecule has 0 aromatic rings. The summed E-state index contributed by atoms with van der Waals surface area (Å²) in [5.41, 5.74) is 2.64. The zero-order chi connectivity index (χ0) is 21.9. The van der Waals surface area contributed by atoms with E-state index in [0.717, 1.165) is 42.4 Å². The number of allylic oxidation sites excluding steroid dienone is 1. The number of unbranched alkanes of at least 4 members (excludes halogenated alkanes) is 1. The number of carbonyl (C=O) groups is 1. The van der Waals surface area contributed by atoms with Crippen molar-refractivity contribution in [3.8, 4) is 0 Å². The van der Waals surface area contributed by atoms with Gasteiger partial charge < -0.3 is 10.2 Å². The third kappa shape index (κ3) is 4.52. The van der Waals surface area contributed by atoms with Crippen molar-refractivity contribution in [1.82, 2.24) is 0 Å². The van der Waals surface area contributed by atoms with E-state index in [9.17, 15) is 5.11 Å². The number of aliphatic hydroxyl groups excluding tert-OH is 1. The lowest BCUT2D eigenvalue weighted by Gasteiger charge is -2.58. The van der Waals surface area contributed by atoms with Crippen molar-refractivity contribution in [2.75, 3.05) is 0 Å². The normalized spacial score (nSPS) is 42.3. The van der Waals surface area contributed by atoms with Crippen LogP contribution in [0.1, 0.15) is 105 Å². The molecule has 0 saturated heterocycles. The molecule has 7 atom stereocenters. The molecule has 3 heteroatoms. The highest BCUT2D eigenvalue weighted by atomic mass is 16.3. The molecule has 0 aromatic heterocycles. The number of rotatable bonds is 5. The second kappa shape index (κ2) is 9.76. The standard InChI is InChI=1S/C26H44O.CH2O2/c1-18(2)7-5-6-8-19-10-12-23-22-11-9-20-17-21(27)13-15-26(20,4)24(22)14-16-25(19,23)3;2-1-3/h9,18-19,21-24,27H,5-8,10-17H2,1-4H3;1H,(H,2,3). The summed E-state index contributed by atoms with van der Waals surface area (Å²) in [4.78, 5) is 8.36. The Labute approximate surface area is 184 Å². The summed E-state index contributed by atoms with van der Waals surface area (Å²) in [5, 5.41) is 17.1. The van der Waals surface area contributed by atoms with E-state index >= 15 is 0 Å². The van der Waals surface area contributed by atoms with Gasteiger partial charge in [0.1, 0.15) is 0 Å². The molecule has 0 amide bonds. The first-order chi connectivity index (χ1) is 14.3. The van der Waals surface area contributed by atoms with Gasteiger partial charge in [-0.3, -0.25) is 4.79 Å². The molecule has 0 heterocycles. The van der Waals surface area contributed by atoms with Crippen molar-refractivity contribution >= 4 is 6.47 Å². The predicted octanol–water partition coefficient (Wildman–Crippen LogP) is 6.84. The zero-order valence-electron chi connectivity index (χ0n) is 19.9. The van der Waals surface area contributed by atoms with E-state index in [0.29, 0.717) is 10.8 Å². The topological polar surface area (TPSA) is 57.5 Å². The van der Waals surface area contributed by atoms with E-state index in [4.69, 9.17) is 9.90 Å². The van der Waals surface area contributed by atoms with Gasteiger partial charge in [0.15, 0.2) is 0 Å². The Kier molecular flexibility index (Phi) is 7.75. The van der Waals surface area contributed by atoms with E-state index in [-0.39, 0.29) is 12.6 Å². The summed E-state index contributed by atoms with van der Waals surface area (Å²) in [6, 6.07) is 0. The Balaban J connectivity index is 0.000000806. The molecular formula is C27H46O3. The van der Waals surface area contributed by atoms with Crippen molar-refractivity contribution < 1.29 is 15.0 Å². The van der Waals surface area contributed by atoms with Gasteiger partial charge in [-0.05, 0) is 98.2 Å². The molecule has 0 radical (unpaired) electrons. The van der Waals surface area contributed by atoms with Gasteiger partial charge in [0, 0.05) is 0 Å². The van der Waals surface area contributed by atoms with Crippen molar-refractivity contribution in [3.05, 3.63) is 11.6 Å². The molecule has 7 unspecified atom stereocenters. The third-order valence-electron chi connectivity index (χ3n) is 9.86. The fourth-order valence-electron chi connectivity index (χ4n) is 8.17. The molecule has 0 aromatic carbocycles. The Morgan fingerprint density at radius 2 is 1.83 bits per heavy atom. The highest BCUT2D eigenvalue weighted by Gasteiger charge is 2.58. The average molecular weight is 419 g/mol. The first kappa shape index (κ1) is 23.8. The van der Waals surface area contributed by atoms with Crippen molar-refractivity contribution in [3.63, 3.8) is 0 Å². The number of hydrogen-bond donors (Lipinski definition) is 2. The van der Waals surface area contributed by atoms with Crippen molar-refractivity contribution in [2.45, 2.75) is 111 Å². The molecule has 3 nitrogen and oxygen atoms in total. The lowest BCUT2D eigenvalue weighted by Crippen LogP contribution is -2.50. The van der Waals surface area contributed by atoms with Gasteiger partial charge in [-0.2, -0.15) is 0 Å². The van der Waals surface area contributed by atoms with Gasteiger partial charge in [-0.15, -0.1) is 0 Å². The van der Waals surface area contributed by atoms with E-state index in [1.807, 2.05) is 0 Å². The maximum Gasteiger partial charge on any atom is 0.290 e. The van der Waals surface area contributed by atoms with Crippen LogP contribution in [0.25, 0.3) is 0 Å². The summed E-state index contributed by atoms with van der Waals surface area (Å²) < 4.78 is 0. The van der Waals surface area contributed by atoms with Crippen LogP contribution in [-0.2, 0) is 4.79 Å². The van der Waals surface area contributed by atoms with Crippen LogP contribution in [0.15, 0.2) is 11.6 Å². The molecule has 3 fully saturated rings. The van der Waals surface area contributed by atoms with E-state index in [2.05, 4.69) is 33.8 Å². The highest BCUT2D eigenvalue weighted by molar-refractivity contribution is 5.32. The predicted molar refractivity (Wildman–Crippen MR) is 123 cm³/mol. The van der Waals surface area contributed by atoms with Crippen molar-refractivity contribution in [2.24, 2.45) is 40.4 Å². The van der Waals surface area contributed by atoms with E-state index in [1.165, 1.54) is 64.2 Å². The minimum absolute atomic E-state index is 0.0727. The Hall–Kier alpha value is -0.830. The van der Waals surface area contributed by atoms with Gasteiger partial charge in [-0.1, -0.05) is 58.6 Å². The van der Waals surface area contributed by atoms with Crippen LogP contribution in [0, 0.1) is 40.4 Å². The zero-order valence-corrected chi connectivity index (χ0v) is 19.9. The molecule has 3 saturated carbocycles. The smallest absolute Gasteiger partial charge is 0.290 e. The monoisotopic (exact) mass is 418 g/mol. The van der Waals surface area contributed by atoms with Gasteiger partial charge >= 0.3 is 0 Å². The number of aliphatic hydroxyl groups is 1. The highest BCUT2D eigenvalue weighted by Crippen LogP contribution is 2.66. The summed E-state index contributed by atoms with van der Waals surface area (Å²) in [7, 11) is 0. The van der Waals surface area contributed by atoms with Gasteiger partial charge in [0.25, 0.3) is 6.47 Å². The van der Waals surface area contributed by atoms with Crippen LogP contribution in [0.4, 0.5) is 0 Å². The van der Waals surface area contributed by atoms with Crippen LogP contribution in [0.5, 0.6) is 0 Å². The fourth-order valence-corrected chi connectivity index (χ4v) is 8.17. The number of fused-ring (bicyclic) bond motifs is 5. The Bertz CT molecular complexity index is 611. The van der Waals surface area contributed by atoms with Gasteiger partial charge in [0.2, 0.25) is 0 Å². The molecule has 172 valence electrons. The largest absolute Gasteiger partial charge is 0.483 e. The lowest BCUT2D eigenvalue weighted by atomic mass is 9.47. The maximum absolute atomic E-state index is 10.2. The molecule has 0 aliphatic heterocycles. The Morgan fingerprint density at radius 1 is 1.10 bits per heavy atom. The summed E-state index contributed by atoms with van der Waals surface area (Å²) in [6.45, 7) is 9.72. The molecule has 0 bridgehead atoms. The van der Waals surface area contributed by atoms with Crippen LogP contribution in [0.3, 0.4) is 0 Å². The first-order valence-electron chi connectivity index (χ1n) is 12.7. The number of carboxylic acid groups (broad SMARTS) is 1. The summed E-state index contributed by atoms with van der Waals surface area (Å²) in [5.74, 6) is 4.64.